The molecule has 0 amide bonds. The Bertz CT molecular complexity index is 457. The van der Waals surface area contributed by atoms with Gasteiger partial charge in [0.05, 0.1) is 19.8 Å². The lowest BCUT2D eigenvalue weighted by molar-refractivity contribution is 0.0320. The van der Waals surface area contributed by atoms with Crippen LogP contribution < -0.4 is 10.6 Å². The minimum Gasteiger partial charge on any atom is -0.379 e. The van der Waals surface area contributed by atoms with Gasteiger partial charge in [-0.15, -0.1) is 0 Å². The highest BCUT2D eigenvalue weighted by atomic mass is 16.5. The molecule has 128 valence electrons. The van der Waals surface area contributed by atoms with Crippen LogP contribution in [0.25, 0.3) is 0 Å². The number of aliphatic imine (C=N–C) groups is 1. The van der Waals surface area contributed by atoms with E-state index in [1.165, 1.54) is 5.56 Å². The SMILES string of the molecule is CCNC(=NCc1ccccc1)NCC(C)CN1CCOCC1. The van der Waals surface area contributed by atoms with Crippen LogP contribution in [0.4, 0.5) is 0 Å². The maximum absolute atomic E-state index is 5.40. The van der Waals surface area contributed by atoms with E-state index in [4.69, 9.17) is 4.74 Å². The molecule has 1 aromatic carbocycles. The zero-order chi connectivity index (χ0) is 16.3. The molecular formula is C18H30N4O. The molecule has 1 aliphatic heterocycles. The van der Waals surface area contributed by atoms with Gasteiger partial charge >= 0.3 is 0 Å². The Kier molecular flexibility index (Phi) is 7.90. The second-order valence-corrected chi connectivity index (χ2v) is 6.08. The molecule has 0 radical (unpaired) electrons. The first-order chi connectivity index (χ1) is 11.3. The van der Waals surface area contributed by atoms with Crippen molar-refractivity contribution in [2.75, 3.05) is 45.9 Å². The maximum atomic E-state index is 5.40. The average molecular weight is 318 g/mol. The van der Waals surface area contributed by atoms with Crippen molar-refractivity contribution in [3.63, 3.8) is 0 Å². The van der Waals surface area contributed by atoms with Crippen molar-refractivity contribution in [2.24, 2.45) is 10.9 Å². The summed E-state index contributed by atoms with van der Waals surface area (Å²) in [5, 5.41) is 6.78. The highest BCUT2D eigenvalue weighted by molar-refractivity contribution is 5.79. The van der Waals surface area contributed by atoms with E-state index in [2.05, 4.69) is 58.6 Å². The Morgan fingerprint density at radius 3 is 2.65 bits per heavy atom. The van der Waals surface area contributed by atoms with Crippen molar-refractivity contribution in [2.45, 2.75) is 20.4 Å². The van der Waals surface area contributed by atoms with E-state index in [1.54, 1.807) is 0 Å². The zero-order valence-corrected chi connectivity index (χ0v) is 14.4. The first kappa shape index (κ1) is 17.8. The van der Waals surface area contributed by atoms with Crippen LogP contribution in [0.2, 0.25) is 0 Å². The minimum absolute atomic E-state index is 0.577. The molecule has 1 unspecified atom stereocenters. The van der Waals surface area contributed by atoms with Crippen LogP contribution in [0, 0.1) is 5.92 Å². The number of benzene rings is 1. The Morgan fingerprint density at radius 1 is 1.22 bits per heavy atom. The number of guanidine groups is 1. The van der Waals surface area contributed by atoms with Crippen LogP contribution in [0.3, 0.4) is 0 Å². The van der Waals surface area contributed by atoms with Crippen LogP contribution >= 0.6 is 0 Å². The van der Waals surface area contributed by atoms with Crippen molar-refractivity contribution in [3.8, 4) is 0 Å². The lowest BCUT2D eigenvalue weighted by Crippen LogP contribution is -2.44. The number of rotatable bonds is 7. The van der Waals surface area contributed by atoms with Gasteiger partial charge in [0, 0.05) is 32.7 Å². The van der Waals surface area contributed by atoms with Gasteiger partial charge in [0.1, 0.15) is 0 Å². The molecular weight excluding hydrogens is 288 g/mol. The van der Waals surface area contributed by atoms with Crippen molar-refractivity contribution >= 4 is 5.96 Å². The molecule has 23 heavy (non-hydrogen) atoms. The number of nitrogens with zero attached hydrogens (tertiary/aromatic N) is 2. The van der Waals surface area contributed by atoms with Gasteiger partial charge < -0.3 is 15.4 Å². The summed E-state index contributed by atoms with van der Waals surface area (Å²) < 4.78 is 5.40. The Hall–Kier alpha value is -1.59. The summed E-state index contributed by atoms with van der Waals surface area (Å²) in [5.74, 6) is 1.47. The molecule has 0 spiro atoms. The fourth-order valence-corrected chi connectivity index (χ4v) is 2.66. The second-order valence-electron chi connectivity index (χ2n) is 6.08. The highest BCUT2D eigenvalue weighted by Gasteiger charge is 2.13. The van der Waals surface area contributed by atoms with Gasteiger partial charge in [0.25, 0.3) is 0 Å². The molecule has 0 aliphatic carbocycles. The molecule has 1 saturated heterocycles. The smallest absolute Gasteiger partial charge is 0.191 e. The van der Waals surface area contributed by atoms with Gasteiger partial charge in [-0.25, -0.2) is 4.99 Å². The summed E-state index contributed by atoms with van der Waals surface area (Å²) in [6, 6.07) is 10.3. The van der Waals surface area contributed by atoms with Crippen molar-refractivity contribution in [1.82, 2.24) is 15.5 Å². The van der Waals surface area contributed by atoms with Gasteiger partial charge in [-0.3, -0.25) is 4.90 Å². The van der Waals surface area contributed by atoms with Crippen LogP contribution in [0.5, 0.6) is 0 Å². The minimum atomic E-state index is 0.577. The zero-order valence-electron chi connectivity index (χ0n) is 14.4. The van der Waals surface area contributed by atoms with Crippen molar-refractivity contribution in [3.05, 3.63) is 35.9 Å². The third-order valence-corrected chi connectivity index (χ3v) is 3.90. The second kappa shape index (κ2) is 10.2. The summed E-state index contributed by atoms with van der Waals surface area (Å²) in [5.41, 5.74) is 1.23. The fraction of sp³-hybridized carbons (Fsp3) is 0.611. The van der Waals surface area contributed by atoms with E-state index in [0.717, 1.165) is 51.9 Å². The third kappa shape index (κ3) is 7.01. The largest absolute Gasteiger partial charge is 0.379 e. The number of hydrogen-bond donors (Lipinski definition) is 2. The van der Waals surface area contributed by atoms with E-state index < -0.39 is 0 Å². The maximum Gasteiger partial charge on any atom is 0.191 e. The number of hydrogen-bond acceptors (Lipinski definition) is 3. The molecule has 0 bridgehead atoms. The Morgan fingerprint density at radius 2 is 1.96 bits per heavy atom. The van der Waals surface area contributed by atoms with Gasteiger partial charge in [-0.1, -0.05) is 37.3 Å². The predicted molar refractivity (Wildman–Crippen MR) is 95.7 cm³/mol. The van der Waals surface area contributed by atoms with Gasteiger partial charge in [-0.2, -0.15) is 0 Å². The molecule has 5 nitrogen and oxygen atoms in total. The topological polar surface area (TPSA) is 48.9 Å². The molecule has 5 heteroatoms. The molecule has 0 saturated carbocycles. The Labute approximate surface area is 140 Å². The molecule has 1 aromatic rings. The van der Waals surface area contributed by atoms with Gasteiger partial charge in [-0.05, 0) is 18.4 Å². The first-order valence-electron chi connectivity index (χ1n) is 8.64. The summed E-state index contributed by atoms with van der Waals surface area (Å²) in [4.78, 5) is 7.14. The summed E-state index contributed by atoms with van der Waals surface area (Å²) in [6.45, 7) is 11.8. The lowest BCUT2D eigenvalue weighted by Gasteiger charge is -2.29. The first-order valence-corrected chi connectivity index (χ1v) is 8.64. The summed E-state index contributed by atoms with van der Waals surface area (Å²) in [6.07, 6.45) is 0. The van der Waals surface area contributed by atoms with E-state index >= 15 is 0 Å². The van der Waals surface area contributed by atoms with Crippen molar-refractivity contribution < 1.29 is 4.74 Å². The van der Waals surface area contributed by atoms with Crippen LogP contribution in [0.1, 0.15) is 19.4 Å². The molecule has 2 rings (SSSR count). The highest BCUT2D eigenvalue weighted by Crippen LogP contribution is 2.03. The van der Waals surface area contributed by atoms with Crippen LogP contribution in [0.15, 0.2) is 35.3 Å². The average Bonchev–Trinajstić information content (AvgIpc) is 2.59. The molecule has 2 N–H and O–H groups in total. The lowest BCUT2D eigenvalue weighted by atomic mass is 10.1. The fourth-order valence-electron chi connectivity index (χ4n) is 2.66. The van der Waals surface area contributed by atoms with E-state index in [0.29, 0.717) is 12.5 Å². The molecule has 0 aromatic heterocycles. The van der Waals surface area contributed by atoms with Gasteiger partial charge in [0.15, 0.2) is 5.96 Å². The summed E-state index contributed by atoms with van der Waals surface area (Å²) >= 11 is 0. The summed E-state index contributed by atoms with van der Waals surface area (Å²) in [7, 11) is 0. The Balaban J connectivity index is 1.76. The van der Waals surface area contributed by atoms with Crippen LogP contribution in [-0.4, -0.2) is 56.8 Å². The molecule has 1 fully saturated rings. The number of nitrogens with one attached hydrogen (secondary N) is 2. The number of ether oxygens (including phenoxy) is 1. The predicted octanol–water partition coefficient (Wildman–Crippen LogP) is 1.71. The molecule has 1 atom stereocenters. The van der Waals surface area contributed by atoms with Crippen LogP contribution in [-0.2, 0) is 11.3 Å². The monoisotopic (exact) mass is 318 g/mol. The van der Waals surface area contributed by atoms with E-state index in [9.17, 15) is 0 Å². The standard InChI is InChI=1S/C18H30N4O/c1-3-19-18(21-14-17-7-5-4-6-8-17)20-13-16(2)15-22-9-11-23-12-10-22/h4-8,16H,3,9-15H2,1-2H3,(H2,19,20,21). The molecule has 1 heterocycles. The third-order valence-electron chi connectivity index (χ3n) is 3.90. The quantitative estimate of drug-likeness (QED) is 0.593. The molecule has 1 aliphatic rings. The normalized spacial score (nSPS) is 17.7. The number of morpholine rings is 1. The van der Waals surface area contributed by atoms with E-state index in [1.807, 2.05) is 6.07 Å². The van der Waals surface area contributed by atoms with Gasteiger partial charge in [0.2, 0.25) is 0 Å². The van der Waals surface area contributed by atoms with E-state index in [-0.39, 0.29) is 0 Å². The van der Waals surface area contributed by atoms with Crippen molar-refractivity contribution in [1.29, 1.82) is 0 Å².